The fourth-order valence-corrected chi connectivity index (χ4v) is 9.61. The number of nitrogens with zero attached hydrogens (tertiary/aromatic N) is 3. The fourth-order valence-electron chi connectivity index (χ4n) is 9.61. The summed E-state index contributed by atoms with van der Waals surface area (Å²) >= 11 is 0. The second kappa shape index (κ2) is 22.1. The SMILES string of the molecule is CCCC(COC1(C)CC(C)NC(=O)C(C)C(O)C(C)(O)C(CC)OC(=O)C(C)C(=O)C(C)C1OC1OC(C)CC(N(C)C)C1O)CN1CCN(c2cccc(C(F)(F)F)c2)CC1. The van der Waals surface area contributed by atoms with Crippen LogP contribution in [0, 0.1) is 23.7 Å². The summed E-state index contributed by atoms with van der Waals surface area (Å²) < 4.78 is 66.2. The number of Topliss-reactive ketones (excluding diaryl/α,β-unsaturated/α-hetero) is 1. The lowest BCUT2D eigenvalue weighted by molar-refractivity contribution is -0.298. The van der Waals surface area contributed by atoms with Crippen LogP contribution in [0.2, 0.25) is 0 Å². The number of benzene rings is 1. The van der Waals surface area contributed by atoms with Crippen molar-refractivity contribution < 1.29 is 61.8 Å². The third-order valence-electron chi connectivity index (χ3n) is 13.5. The first-order chi connectivity index (χ1) is 29.3. The number of anilines is 1. The Morgan fingerprint density at radius 3 is 2.24 bits per heavy atom. The summed E-state index contributed by atoms with van der Waals surface area (Å²) in [6.07, 6.45) is -8.86. The molecule has 4 rings (SSSR count). The van der Waals surface area contributed by atoms with E-state index in [2.05, 4.69) is 17.1 Å². The Bertz CT molecular complexity index is 1660. The minimum atomic E-state index is -4.44. The Labute approximate surface area is 372 Å². The molecule has 0 aromatic heterocycles. The number of ether oxygens (including phenoxy) is 4. The normalized spacial score (nSPS) is 36.6. The van der Waals surface area contributed by atoms with E-state index in [9.17, 15) is 42.9 Å². The third-order valence-corrected chi connectivity index (χ3v) is 13.5. The number of hydrogen-bond donors (Lipinski definition) is 4. The van der Waals surface area contributed by atoms with E-state index >= 15 is 0 Å². The molecule has 3 aliphatic rings. The van der Waals surface area contributed by atoms with Gasteiger partial charge < -0.3 is 49.4 Å². The summed E-state index contributed by atoms with van der Waals surface area (Å²) in [6, 6.07) is 4.38. The smallest absolute Gasteiger partial charge is 0.416 e. The Kier molecular flexibility index (Phi) is 18.5. The molecule has 0 aliphatic carbocycles. The van der Waals surface area contributed by atoms with E-state index in [1.54, 1.807) is 33.8 Å². The number of amides is 1. The Morgan fingerprint density at radius 1 is 1.00 bits per heavy atom. The van der Waals surface area contributed by atoms with Gasteiger partial charge in [0.2, 0.25) is 5.91 Å². The fraction of sp³-hybridized carbons (Fsp3) is 0.804. The van der Waals surface area contributed by atoms with Gasteiger partial charge in [0.25, 0.3) is 0 Å². The Hall–Kier alpha value is -2.90. The molecule has 1 amide bonds. The van der Waals surface area contributed by atoms with Crippen molar-refractivity contribution in [1.82, 2.24) is 15.1 Å². The van der Waals surface area contributed by atoms with Crippen LogP contribution in [-0.2, 0) is 39.5 Å². The molecule has 1 aromatic rings. The third kappa shape index (κ3) is 13.1. The van der Waals surface area contributed by atoms with Gasteiger partial charge in [0.1, 0.15) is 23.7 Å². The number of alkyl halides is 3. The molecule has 3 aliphatic heterocycles. The molecule has 1 aromatic carbocycles. The molecule has 14 atom stereocenters. The average Bonchev–Trinajstić information content (AvgIpc) is 3.22. The standard InChI is InChI=1S/C46H75F3N4O10/c1-12-15-32(25-52-18-20-53(21-19-52)34-17-14-16-33(23-34)46(47,48)49)26-60-44(8)24-27(3)50-41(57)31(7)39(56)45(9,59)36(13-2)62-42(58)30(6)37(54)29(5)40(44)63-43-38(55)35(51(10)11)22-28(4)61-43/h14,16-17,23,27-32,35-36,38-40,43,55-56,59H,12-13,15,18-22,24-26H2,1-11H3,(H,50,57). The van der Waals surface area contributed by atoms with Crippen LogP contribution in [0.4, 0.5) is 18.9 Å². The Morgan fingerprint density at radius 2 is 1.65 bits per heavy atom. The van der Waals surface area contributed by atoms with Crippen LogP contribution in [0.1, 0.15) is 100.0 Å². The van der Waals surface area contributed by atoms with Gasteiger partial charge in [0, 0.05) is 56.4 Å². The number of likely N-dealkylation sites (N-methyl/N-ethyl adjacent to an activating group) is 1. The number of aliphatic hydroxyl groups is 3. The second-order valence-electron chi connectivity index (χ2n) is 19.1. The minimum Gasteiger partial charge on any atom is -0.459 e. The highest BCUT2D eigenvalue weighted by atomic mass is 19.4. The average molecular weight is 901 g/mol. The summed E-state index contributed by atoms with van der Waals surface area (Å²) in [5.74, 6) is -5.60. The molecule has 14 nitrogen and oxygen atoms in total. The van der Waals surface area contributed by atoms with E-state index < -0.39 is 95.1 Å². The van der Waals surface area contributed by atoms with E-state index in [4.69, 9.17) is 18.9 Å². The van der Waals surface area contributed by atoms with Crippen molar-refractivity contribution in [2.75, 3.05) is 58.3 Å². The number of hydrogen-bond acceptors (Lipinski definition) is 13. The highest BCUT2D eigenvalue weighted by Crippen LogP contribution is 2.38. The number of carbonyl (C=O) groups excluding carboxylic acids is 3. The number of ketones is 1. The maximum atomic E-state index is 14.6. The van der Waals surface area contributed by atoms with Gasteiger partial charge in [-0.3, -0.25) is 19.3 Å². The predicted octanol–water partition coefficient (Wildman–Crippen LogP) is 4.65. The summed E-state index contributed by atoms with van der Waals surface area (Å²) in [7, 11) is 3.70. The quantitative estimate of drug-likeness (QED) is 0.169. The van der Waals surface area contributed by atoms with Gasteiger partial charge in [0.05, 0.1) is 42.0 Å². The van der Waals surface area contributed by atoms with E-state index in [1.165, 1.54) is 32.9 Å². The van der Waals surface area contributed by atoms with Crippen LogP contribution in [0.15, 0.2) is 24.3 Å². The number of esters is 1. The summed E-state index contributed by atoms with van der Waals surface area (Å²) in [5.41, 5.74) is -3.59. The van der Waals surface area contributed by atoms with Gasteiger partial charge in [-0.25, -0.2) is 0 Å². The number of carbonyl (C=O) groups is 3. The number of cyclic esters (lactones) is 1. The first-order valence-electron chi connectivity index (χ1n) is 22.7. The summed E-state index contributed by atoms with van der Waals surface area (Å²) in [6.45, 7) is 18.1. The lowest BCUT2D eigenvalue weighted by atomic mass is 9.79. The molecule has 0 bridgehead atoms. The van der Waals surface area contributed by atoms with Gasteiger partial charge in [-0.2, -0.15) is 13.2 Å². The van der Waals surface area contributed by atoms with Crippen molar-refractivity contribution >= 4 is 23.3 Å². The molecule has 17 heteroatoms. The molecule has 14 unspecified atom stereocenters. The first-order valence-corrected chi connectivity index (χ1v) is 22.7. The Balaban J connectivity index is 1.69. The monoisotopic (exact) mass is 901 g/mol. The van der Waals surface area contributed by atoms with E-state index in [0.717, 1.165) is 18.9 Å². The van der Waals surface area contributed by atoms with Crippen LogP contribution in [-0.4, -0.2) is 156 Å². The minimum absolute atomic E-state index is 0.0351. The maximum Gasteiger partial charge on any atom is 0.416 e. The van der Waals surface area contributed by atoms with Crippen LogP contribution in [0.5, 0.6) is 0 Å². The summed E-state index contributed by atoms with van der Waals surface area (Å²) in [4.78, 5) is 48.2. The molecule has 63 heavy (non-hydrogen) atoms. The molecular formula is C46H75F3N4O10. The van der Waals surface area contributed by atoms with E-state index in [1.807, 2.05) is 30.8 Å². The number of piperazine rings is 1. The lowest BCUT2D eigenvalue weighted by Crippen LogP contribution is -2.60. The molecule has 0 saturated carbocycles. The lowest BCUT2D eigenvalue weighted by Gasteiger charge is -2.47. The van der Waals surface area contributed by atoms with Gasteiger partial charge in [-0.1, -0.05) is 40.2 Å². The number of halogens is 3. The predicted molar refractivity (Wildman–Crippen MR) is 232 cm³/mol. The number of aliphatic hydroxyl groups excluding tert-OH is 2. The molecule has 3 fully saturated rings. The maximum absolute atomic E-state index is 14.6. The molecule has 0 radical (unpaired) electrons. The van der Waals surface area contributed by atoms with Crippen molar-refractivity contribution in [3.05, 3.63) is 29.8 Å². The van der Waals surface area contributed by atoms with Crippen LogP contribution >= 0.6 is 0 Å². The van der Waals surface area contributed by atoms with Crippen LogP contribution < -0.4 is 10.2 Å². The van der Waals surface area contributed by atoms with Gasteiger partial charge in [-0.05, 0) is 98.5 Å². The van der Waals surface area contributed by atoms with Crippen molar-refractivity contribution in [3.8, 4) is 0 Å². The second-order valence-corrected chi connectivity index (χ2v) is 19.1. The molecule has 360 valence electrons. The number of rotatable bonds is 12. The van der Waals surface area contributed by atoms with Crippen molar-refractivity contribution in [2.24, 2.45) is 23.7 Å². The molecular weight excluding hydrogens is 826 g/mol. The van der Waals surface area contributed by atoms with Crippen molar-refractivity contribution in [2.45, 2.75) is 161 Å². The zero-order valence-corrected chi connectivity index (χ0v) is 39.2. The van der Waals surface area contributed by atoms with E-state index in [0.29, 0.717) is 44.8 Å². The zero-order chi connectivity index (χ0) is 47.2. The van der Waals surface area contributed by atoms with Gasteiger partial charge in [0.15, 0.2) is 12.1 Å². The molecule has 3 heterocycles. The van der Waals surface area contributed by atoms with Crippen LogP contribution in [0.25, 0.3) is 0 Å². The van der Waals surface area contributed by atoms with Crippen molar-refractivity contribution in [3.63, 3.8) is 0 Å². The highest BCUT2D eigenvalue weighted by molar-refractivity contribution is 6.00. The molecule has 3 saturated heterocycles. The molecule has 0 spiro atoms. The van der Waals surface area contributed by atoms with Crippen LogP contribution in [0.3, 0.4) is 0 Å². The largest absolute Gasteiger partial charge is 0.459 e. The number of nitrogens with one attached hydrogen (secondary N) is 1. The summed E-state index contributed by atoms with van der Waals surface area (Å²) in [5, 5.41) is 37.5. The topological polar surface area (TPSA) is 171 Å². The highest BCUT2D eigenvalue weighted by Gasteiger charge is 2.51. The van der Waals surface area contributed by atoms with Crippen molar-refractivity contribution in [1.29, 1.82) is 0 Å². The van der Waals surface area contributed by atoms with E-state index in [-0.39, 0.29) is 37.5 Å². The van der Waals surface area contributed by atoms with Gasteiger partial charge >= 0.3 is 12.1 Å². The van der Waals surface area contributed by atoms with Gasteiger partial charge in [-0.15, -0.1) is 0 Å². The molecule has 4 N–H and O–H groups in total. The first kappa shape index (κ1) is 52.7. The zero-order valence-electron chi connectivity index (χ0n) is 39.2.